The summed E-state index contributed by atoms with van der Waals surface area (Å²) in [6, 6.07) is 3.80. The Labute approximate surface area is 108 Å². The van der Waals surface area contributed by atoms with Crippen molar-refractivity contribution in [1.82, 2.24) is 0 Å². The Bertz CT molecular complexity index is 457. The molecule has 5 heteroatoms. The number of anilines is 1. The lowest BCUT2D eigenvalue weighted by Gasteiger charge is -2.36. The molecular formula is C12H15BrFN3. The number of benzene rings is 1. The molecule has 0 aromatic heterocycles. The van der Waals surface area contributed by atoms with Gasteiger partial charge in [0.1, 0.15) is 5.84 Å². The van der Waals surface area contributed by atoms with Crippen LogP contribution in [0.25, 0.3) is 0 Å². The highest BCUT2D eigenvalue weighted by atomic mass is 79.9. The normalized spacial score (nSPS) is 15.5. The fraction of sp³-hybridized carbons (Fsp3) is 0.417. The lowest BCUT2D eigenvalue weighted by molar-refractivity contribution is 0.397. The van der Waals surface area contributed by atoms with Crippen LogP contribution in [0.15, 0.2) is 16.6 Å². The van der Waals surface area contributed by atoms with Crippen LogP contribution < -0.4 is 10.6 Å². The highest BCUT2D eigenvalue weighted by Crippen LogP contribution is 2.33. The summed E-state index contributed by atoms with van der Waals surface area (Å²) < 4.78 is 14.4. The Balaban J connectivity index is 2.36. The van der Waals surface area contributed by atoms with Gasteiger partial charge in [0, 0.05) is 18.7 Å². The number of hydrogen-bond donors (Lipinski definition) is 2. The van der Waals surface area contributed by atoms with E-state index in [1.807, 2.05) is 11.9 Å². The zero-order valence-corrected chi connectivity index (χ0v) is 11.2. The van der Waals surface area contributed by atoms with Gasteiger partial charge in [-0.25, -0.2) is 4.39 Å². The second-order valence-corrected chi connectivity index (χ2v) is 5.16. The second kappa shape index (κ2) is 4.64. The zero-order valence-electron chi connectivity index (χ0n) is 9.63. The van der Waals surface area contributed by atoms with E-state index in [-0.39, 0.29) is 16.1 Å². The van der Waals surface area contributed by atoms with Crippen molar-refractivity contribution >= 4 is 27.5 Å². The van der Waals surface area contributed by atoms with E-state index in [2.05, 4.69) is 15.9 Å². The number of halogens is 2. The SMILES string of the molecule is CN(c1ccc(C(=N)N)c(Br)c1F)C1CCC1. The Morgan fingerprint density at radius 1 is 1.53 bits per heavy atom. The highest BCUT2D eigenvalue weighted by Gasteiger charge is 2.25. The molecule has 0 atom stereocenters. The van der Waals surface area contributed by atoms with Crippen LogP contribution in [-0.4, -0.2) is 18.9 Å². The molecule has 0 radical (unpaired) electrons. The Kier molecular flexibility index (Phi) is 3.38. The maximum absolute atomic E-state index is 14.2. The van der Waals surface area contributed by atoms with Crippen LogP contribution in [0.4, 0.5) is 10.1 Å². The molecule has 0 aliphatic heterocycles. The van der Waals surface area contributed by atoms with Gasteiger partial charge < -0.3 is 10.6 Å². The molecule has 1 aliphatic rings. The third-order valence-corrected chi connectivity index (χ3v) is 4.13. The molecule has 1 aromatic carbocycles. The minimum absolute atomic E-state index is 0.131. The summed E-state index contributed by atoms with van der Waals surface area (Å²) in [4.78, 5) is 1.97. The Hall–Kier alpha value is -1.10. The van der Waals surface area contributed by atoms with Gasteiger partial charge in [0.2, 0.25) is 0 Å². The maximum Gasteiger partial charge on any atom is 0.161 e. The second-order valence-electron chi connectivity index (χ2n) is 4.37. The molecule has 1 aromatic rings. The molecule has 1 aliphatic carbocycles. The van der Waals surface area contributed by atoms with Crippen molar-refractivity contribution in [2.45, 2.75) is 25.3 Å². The quantitative estimate of drug-likeness (QED) is 0.666. The zero-order chi connectivity index (χ0) is 12.6. The average molecular weight is 300 g/mol. The Morgan fingerprint density at radius 2 is 2.18 bits per heavy atom. The first-order valence-corrected chi connectivity index (χ1v) is 6.37. The molecule has 2 rings (SSSR count). The average Bonchev–Trinajstić information content (AvgIpc) is 2.18. The smallest absolute Gasteiger partial charge is 0.161 e. The number of nitrogens with two attached hydrogens (primary N) is 1. The van der Waals surface area contributed by atoms with Crippen LogP contribution in [0.5, 0.6) is 0 Å². The van der Waals surface area contributed by atoms with Crippen LogP contribution in [-0.2, 0) is 0 Å². The molecule has 0 heterocycles. The first kappa shape index (κ1) is 12.4. The van der Waals surface area contributed by atoms with E-state index in [1.165, 1.54) is 6.42 Å². The maximum atomic E-state index is 14.2. The standard InChI is InChI=1S/C12H15BrFN3/c1-17(7-3-2-4-7)9-6-5-8(12(15)16)10(13)11(9)14/h5-7H,2-4H2,1H3,(H3,15,16). The minimum atomic E-state index is -0.341. The van der Waals surface area contributed by atoms with Gasteiger partial charge in [-0.1, -0.05) is 0 Å². The van der Waals surface area contributed by atoms with Crippen LogP contribution >= 0.6 is 15.9 Å². The summed E-state index contributed by atoms with van der Waals surface area (Å²) in [6.45, 7) is 0. The molecule has 0 bridgehead atoms. The van der Waals surface area contributed by atoms with Gasteiger partial charge in [-0.15, -0.1) is 0 Å². The lowest BCUT2D eigenvalue weighted by atomic mass is 9.91. The molecule has 1 fully saturated rings. The summed E-state index contributed by atoms with van der Waals surface area (Å²) in [5.74, 6) is -0.472. The molecule has 92 valence electrons. The number of nitrogen functional groups attached to an aromatic ring is 1. The fourth-order valence-electron chi connectivity index (χ4n) is 1.99. The monoisotopic (exact) mass is 299 g/mol. The summed E-state index contributed by atoms with van der Waals surface area (Å²) in [5.41, 5.74) is 6.34. The van der Waals surface area contributed by atoms with E-state index in [9.17, 15) is 4.39 Å². The summed E-state index contributed by atoms with van der Waals surface area (Å²) in [6.07, 6.45) is 3.44. The molecule has 3 nitrogen and oxygen atoms in total. The van der Waals surface area contributed by atoms with Crippen molar-refractivity contribution in [2.24, 2.45) is 5.73 Å². The van der Waals surface area contributed by atoms with E-state index in [0.717, 1.165) is 12.8 Å². The predicted octanol–water partition coefficient (Wildman–Crippen LogP) is 2.86. The first-order valence-electron chi connectivity index (χ1n) is 5.57. The van der Waals surface area contributed by atoms with E-state index in [4.69, 9.17) is 11.1 Å². The molecule has 0 unspecified atom stereocenters. The number of nitrogens with zero attached hydrogens (tertiary/aromatic N) is 1. The van der Waals surface area contributed by atoms with Gasteiger partial charge in [0.25, 0.3) is 0 Å². The molecule has 3 N–H and O–H groups in total. The van der Waals surface area contributed by atoms with Gasteiger partial charge in [-0.3, -0.25) is 5.41 Å². The van der Waals surface area contributed by atoms with Crippen molar-refractivity contribution in [2.75, 3.05) is 11.9 Å². The lowest BCUT2D eigenvalue weighted by Crippen LogP contribution is -2.37. The number of rotatable bonds is 3. The highest BCUT2D eigenvalue weighted by molar-refractivity contribution is 9.10. The van der Waals surface area contributed by atoms with Crippen molar-refractivity contribution in [3.05, 3.63) is 28.0 Å². The molecule has 0 saturated heterocycles. The third kappa shape index (κ3) is 2.16. The van der Waals surface area contributed by atoms with Gasteiger partial charge in [-0.05, 0) is 47.3 Å². The van der Waals surface area contributed by atoms with E-state index in [1.54, 1.807) is 12.1 Å². The number of hydrogen-bond acceptors (Lipinski definition) is 2. The summed E-state index contributed by atoms with van der Waals surface area (Å²) in [7, 11) is 1.90. The number of nitrogens with one attached hydrogen (secondary N) is 1. The van der Waals surface area contributed by atoms with E-state index in [0.29, 0.717) is 17.3 Å². The predicted molar refractivity (Wildman–Crippen MR) is 71.2 cm³/mol. The van der Waals surface area contributed by atoms with Crippen molar-refractivity contribution in [3.63, 3.8) is 0 Å². The molecule has 0 amide bonds. The van der Waals surface area contributed by atoms with Gasteiger partial charge in [0.05, 0.1) is 10.2 Å². The van der Waals surface area contributed by atoms with E-state index < -0.39 is 0 Å². The van der Waals surface area contributed by atoms with Crippen LogP contribution in [0, 0.1) is 11.2 Å². The van der Waals surface area contributed by atoms with Crippen LogP contribution in [0.1, 0.15) is 24.8 Å². The minimum Gasteiger partial charge on any atom is -0.384 e. The van der Waals surface area contributed by atoms with Crippen LogP contribution in [0.3, 0.4) is 0 Å². The number of amidine groups is 1. The van der Waals surface area contributed by atoms with Gasteiger partial charge in [0.15, 0.2) is 5.82 Å². The molecular weight excluding hydrogens is 285 g/mol. The van der Waals surface area contributed by atoms with Crippen molar-refractivity contribution in [3.8, 4) is 0 Å². The van der Waals surface area contributed by atoms with Crippen molar-refractivity contribution in [1.29, 1.82) is 5.41 Å². The topological polar surface area (TPSA) is 53.1 Å². The third-order valence-electron chi connectivity index (χ3n) is 3.35. The van der Waals surface area contributed by atoms with Gasteiger partial charge >= 0.3 is 0 Å². The van der Waals surface area contributed by atoms with Crippen LogP contribution in [0.2, 0.25) is 0 Å². The van der Waals surface area contributed by atoms with Gasteiger partial charge in [-0.2, -0.15) is 0 Å². The summed E-state index contributed by atoms with van der Waals surface area (Å²) in [5, 5.41) is 7.35. The molecule has 0 spiro atoms. The van der Waals surface area contributed by atoms with Crippen molar-refractivity contribution < 1.29 is 4.39 Å². The fourth-order valence-corrected chi connectivity index (χ4v) is 2.54. The largest absolute Gasteiger partial charge is 0.384 e. The summed E-state index contributed by atoms with van der Waals surface area (Å²) >= 11 is 3.17. The first-order chi connectivity index (χ1) is 8.02. The molecule has 1 saturated carbocycles. The molecule has 17 heavy (non-hydrogen) atoms. The Morgan fingerprint density at radius 3 is 2.65 bits per heavy atom. The van der Waals surface area contributed by atoms with E-state index >= 15 is 0 Å².